The number of amides is 2. The number of piperidine rings is 1. The number of aliphatic hydroxyl groups is 1. The molecule has 0 aliphatic carbocycles. The molecule has 0 unspecified atom stereocenters. The van der Waals surface area contributed by atoms with Gasteiger partial charge in [-0.15, -0.1) is 0 Å². The summed E-state index contributed by atoms with van der Waals surface area (Å²) in [5.74, 6) is 2.26. The molecular formula is C15H27N3O3S. The van der Waals surface area contributed by atoms with Crippen molar-refractivity contribution in [3.63, 3.8) is 0 Å². The highest BCUT2D eigenvalue weighted by molar-refractivity contribution is 7.99. The molecule has 22 heavy (non-hydrogen) atoms. The van der Waals surface area contributed by atoms with E-state index < -0.39 is 0 Å². The van der Waals surface area contributed by atoms with Crippen molar-refractivity contribution in [1.29, 1.82) is 0 Å². The number of ether oxygens (including phenoxy) is 1. The molecular weight excluding hydrogens is 302 g/mol. The van der Waals surface area contributed by atoms with Gasteiger partial charge in [-0.2, -0.15) is 11.8 Å². The van der Waals surface area contributed by atoms with E-state index in [-0.39, 0.29) is 17.7 Å². The number of carbonyl (C=O) groups is 1. The van der Waals surface area contributed by atoms with E-state index in [1.807, 2.05) is 16.7 Å². The van der Waals surface area contributed by atoms with Gasteiger partial charge in [0.2, 0.25) is 0 Å². The van der Waals surface area contributed by atoms with Crippen LogP contribution in [-0.4, -0.2) is 90.0 Å². The van der Waals surface area contributed by atoms with E-state index in [2.05, 4.69) is 10.2 Å². The first-order valence-electron chi connectivity index (χ1n) is 8.31. The van der Waals surface area contributed by atoms with Crippen LogP contribution < -0.4 is 5.32 Å². The molecule has 3 rings (SSSR count). The van der Waals surface area contributed by atoms with E-state index in [4.69, 9.17) is 4.74 Å². The van der Waals surface area contributed by atoms with E-state index in [0.29, 0.717) is 25.9 Å². The third-order valence-electron chi connectivity index (χ3n) is 5.08. The normalized spacial score (nSPS) is 31.4. The Bertz CT molecular complexity index is 376. The number of thioether (sulfide) groups is 1. The molecule has 6 nitrogen and oxygen atoms in total. The SMILES string of the molecule is O=C(NC[C@]1(N2CCOCC2)CCSC1)N1CCC(O)CC1. The first-order chi connectivity index (χ1) is 10.7. The summed E-state index contributed by atoms with van der Waals surface area (Å²) in [4.78, 5) is 16.7. The number of morpholine rings is 1. The number of aliphatic hydroxyl groups excluding tert-OH is 1. The fourth-order valence-electron chi connectivity index (χ4n) is 3.56. The van der Waals surface area contributed by atoms with Gasteiger partial charge in [0.05, 0.1) is 19.3 Å². The number of hydrogen-bond acceptors (Lipinski definition) is 5. The minimum absolute atomic E-state index is 0.0245. The molecule has 2 amide bonds. The molecule has 7 heteroatoms. The van der Waals surface area contributed by atoms with Crippen molar-refractivity contribution in [2.45, 2.75) is 30.9 Å². The number of nitrogens with one attached hydrogen (secondary N) is 1. The highest BCUT2D eigenvalue weighted by atomic mass is 32.2. The standard InChI is InChI=1S/C15H27N3O3S/c19-13-1-4-17(5-2-13)14(20)16-11-15(3-10-22-12-15)18-6-8-21-9-7-18/h13,19H,1-12H2,(H,16,20)/t15-/m1/s1. The minimum atomic E-state index is -0.241. The van der Waals surface area contributed by atoms with Crippen molar-refractivity contribution in [1.82, 2.24) is 15.1 Å². The number of urea groups is 1. The zero-order valence-electron chi connectivity index (χ0n) is 13.1. The Labute approximate surface area is 136 Å². The molecule has 0 saturated carbocycles. The molecule has 0 aromatic carbocycles. The van der Waals surface area contributed by atoms with Crippen LogP contribution in [0, 0.1) is 0 Å². The molecule has 0 spiro atoms. The van der Waals surface area contributed by atoms with Crippen LogP contribution in [0.15, 0.2) is 0 Å². The summed E-state index contributed by atoms with van der Waals surface area (Å²) in [6.45, 7) is 5.56. The summed E-state index contributed by atoms with van der Waals surface area (Å²) in [6, 6.07) is 0.0245. The molecule has 3 heterocycles. The van der Waals surface area contributed by atoms with Crippen LogP contribution in [0.4, 0.5) is 4.79 Å². The van der Waals surface area contributed by atoms with Crippen LogP contribution in [-0.2, 0) is 4.74 Å². The third kappa shape index (κ3) is 3.69. The van der Waals surface area contributed by atoms with Crippen molar-refractivity contribution in [3.05, 3.63) is 0 Å². The summed E-state index contributed by atoms with van der Waals surface area (Å²) < 4.78 is 5.47. The van der Waals surface area contributed by atoms with Crippen molar-refractivity contribution in [2.75, 3.05) is 57.4 Å². The molecule has 1 atom stereocenters. The first kappa shape index (κ1) is 16.4. The highest BCUT2D eigenvalue weighted by Crippen LogP contribution is 2.33. The van der Waals surface area contributed by atoms with Crippen LogP contribution >= 0.6 is 11.8 Å². The maximum absolute atomic E-state index is 12.4. The predicted octanol–water partition coefficient (Wildman–Crippen LogP) is 0.361. The van der Waals surface area contributed by atoms with E-state index >= 15 is 0 Å². The lowest BCUT2D eigenvalue weighted by atomic mass is 9.95. The average Bonchev–Trinajstić information content (AvgIpc) is 3.04. The second kappa shape index (κ2) is 7.38. The lowest BCUT2D eigenvalue weighted by molar-refractivity contribution is -0.0129. The Kier molecular flexibility index (Phi) is 5.49. The number of carbonyl (C=O) groups excluding carboxylic acids is 1. The van der Waals surface area contributed by atoms with Crippen molar-refractivity contribution < 1.29 is 14.6 Å². The van der Waals surface area contributed by atoms with Crippen LogP contribution in [0.5, 0.6) is 0 Å². The Balaban J connectivity index is 1.54. The summed E-state index contributed by atoms with van der Waals surface area (Å²) in [6.07, 6.45) is 2.28. The molecule has 0 aromatic rings. The van der Waals surface area contributed by atoms with Gasteiger partial charge >= 0.3 is 6.03 Å². The lowest BCUT2D eigenvalue weighted by Crippen LogP contribution is -2.60. The Morgan fingerprint density at radius 3 is 2.64 bits per heavy atom. The second-order valence-corrected chi connectivity index (χ2v) is 7.61. The predicted molar refractivity (Wildman–Crippen MR) is 87.3 cm³/mol. The topological polar surface area (TPSA) is 65.0 Å². The van der Waals surface area contributed by atoms with E-state index in [0.717, 1.165) is 45.0 Å². The summed E-state index contributed by atoms with van der Waals surface area (Å²) in [5, 5.41) is 12.7. The smallest absolute Gasteiger partial charge is 0.317 e. The second-order valence-electron chi connectivity index (χ2n) is 6.50. The van der Waals surface area contributed by atoms with Crippen LogP contribution in [0.1, 0.15) is 19.3 Å². The van der Waals surface area contributed by atoms with E-state index in [1.54, 1.807) is 0 Å². The highest BCUT2D eigenvalue weighted by Gasteiger charge is 2.41. The van der Waals surface area contributed by atoms with Crippen LogP contribution in [0.25, 0.3) is 0 Å². The molecule has 3 aliphatic heterocycles. The summed E-state index contributed by atoms with van der Waals surface area (Å²) >= 11 is 1.98. The Morgan fingerprint density at radius 1 is 1.27 bits per heavy atom. The zero-order valence-corrected chi connectivity index (χ0v) is 13.9. The molecule has 3 fully saturated rings. The summed E-state index contributed by atoms with van der Waals surface area (Å²) in [5.41, 5.74) is 0.0966. The number of rotatable bonds is 3. The number of nitrogens with zero attached hydrogens (tertiary/aromatic N) is 2. The Hall–Kier alpha value is -0.500. The van der Waals surface area contributed by atoms with Crippen molar-refractivity contribution in [2.24, 2.45) is 0 Å². The van der Waals surface area contributed by atoms with E-state index in [1.165, 1.54) is 5.75 Å². The fourth-order valence-corrected chi connectivity index (χ4v) is 5.03. The number of hydrogen-bond donors (Lipinski definition) is 2. The number of likely N-dealkylation sites (tertiary alicyclic amines) is 1. The quantitative estimate of drug-likeness (QED) is 0.783. The van der Waals surface area contributed by atoms with Gasteiger partial charge in [-0.3, -0.25) is 4.90 Å². The van der Waals surface area contributed by atoms with Gasteiger partial charge in [-0.25, -0.2) is 4.79 Å². The van der Waals surface area contributed by atoms with Gasteiger partial charge in [-0.1, -0.05) is 0 Å². The molecule has 126 valence electrons. The fraction of sp³-hybridized carbons (Fsp3) is 0.933. The largest absolute Gasteiger partial charge is 0.393 e. The van der Waals surface area contributed by atoms with Crippen molar-refractivity contribution >= 4 is 17.8 Å². The summed E-state index contributed by atoms with van der Waals surface area (Å²) in [7, 11) is 0. The average molecular weight is 329 g/mol. The molecule has 0 bridgehead atoms. The molecule has 3 saturated heterocycles. The molecule has 3 aliphatic rings. The maximum Gasteiger partial charge on any atom is 0.317 e. The van der Waals surface area contributed by atoms with Crippen LogP contribution in [0.3, 0.4) is 0 Å². The van der Waals surface area contributed by atoms with Gasteiger partial charge < -0.3 is 20.1 Å². The zero-order chi connectivity index (χ0) is 15.4. The van der Waals surface area contributed by atoms with Gasteiger partial charge in [0.25, 0.3) is 0 Å². The van der Waals surface area contributed by atoms with Gasteiger partial charge in [0.15, 0.2) is 0 Å². The molecule has 0 aromatic heterocycles. The molecule has 2 N–H and O–H groups in total. The van der Waals surface area contributed by atoms with Gasteiger partial charge in [-0.05, 0) is 25.0 Å². The van der Waals surface area contributed by atoms with Gasteiger partial charge in [0.1, 0.15) is 0 Å². The van der Waals surface area contributed by atoms with Crippen molar-refractivity contribution in [3.8, 4) is 0 Å². The lowest BCUT2D eigenvalue weighted by Gasteiger charge is -2.43. The maximum atomic E-state index is 12.4. The molecule has 0 radical (unpaired) electrons. The van der Waals surface area contributed by atoms with Crippen LogP contribution in [0.2, 0.25) is 0 Å². The first-order valence-corrected chi connectivity index (χ1v) is 9.46. The van der Waals surface area contributed by atoms with Gasteiger partial charge in [0, 0.05) is 44.0 Å². The monoisotopic (exact) mass is 329 g/mol. The Morgan fingerprint density at radius 2 is 2.00 bits per heavy atom. The minimum Gasteiger partial charge on any atom is -0.393 e. The van der Waals surface area contributed by atoms with E-state index in [9.17, 15) is 9.90 Å². The third-order valence-corrected chi connectivity index (χ3v) is 6.32.